The van der Waals surface area contributed by atoms with Crippen LogP contribution in [0.5, 0.6) is 0 Å². The predicted molar refractivity (Wildman–Crippen MR) is 94.4 cm³/mol. The monoisotopic (exact) mass is 339 g/mol. The summed E-state index contributed by atoms with van der Waals surface area (Å²) in [7, 11) is 0. The summed E-state index contributed by atoms with van der Waals surface area (Å²) in [5, 5.41) is 6.69. The number of benzene rings is 3. The van der Waals surface area contributed by atoms with Gasteiger partial charge in [-0.15, -0.1) is 0 Å². The molecular formula is C20H15Cl2N. The van der Waals surface area contributed by atoms with Gasteiger partial charge in [-0.05, 0) is 41.3 Å². The van der Waals surface area contributed by atoms with Crippen LogP contribution in [0.25, 0.3) is 32.4 Å². The number of hydrogen-bond acceptors (Lipinski definition) is 0. The Balaban J connectivity index is 0.00000156. The molecule has 0 spiro atoms. The van der Waals surface area contributed by atoms with Crippen molar-refractivity contribution in [3.05, 3.63) is 78.5 Å². The number of nitrogens with zero attached hydrogens (tertiary/aromatic N) is 1. The molecule has 23 heavy (non-hydrogen) atoms. The van der Waals surface area contributed by atoms with E-state index < -0.39 is 0 Å². The summed E-state index contributed by atoms with van der Waals surface area (Å²) in [4.78, 5) is 0. The molecule has 0 aliphatic carbocycles. The third kappa shape index (κ3) is 2.37. The van der Waals surface area contributed by atoms with Crippen molar-refractivity contribution < 1.29 is 17.0 Å². The largest absolute Gasteiger partial charge is 1.00 e. The number of aromatic nitrogens is 1. The van der Waals surface area contributed by atoms with Crippen molar-refractivity contribution in [2.45, 2.75) is 6.54 Å². The van der Waals surface area contributed by atoms with Crippen molar-refractivity contribution in [3.63, 3.8) is 0 Å². The highest BCUT2D eigenvalue weighted by Gasteiger charge is 2.21. The van der Waals surface area contributed by atoms with Gasteiger partial charge in [-0.25, -0.2) is 0 Å². The van der Waals surface area contributed by atoms with Crippen LogP contribution in [-0.4, -0.2) is 0 Å². The molecule has 1 nitrogen and oxygen atoms in total. The van der Waals surface area contributed by atoms with Gasteiger partial charge < -0.3 is 12.4 Å². The van der Waals surface area contributed by atoms with Gasteiger partial charge in [-0.2, -0.15) is 4.57 Å². The van der Waals surface area contributed by atoms with Crippen LogP contribution in [0.2, 0.25) is 5.15 Å². The maximum atomic E-state index is 6.71. The Morgan fingerprint density at radius 2 is 1.48 bits per heavy atom. The van der Waals surface area contributed by atoms with Crippen molar-refractivity contribution in [2.75, 3.05) is 0 Å². The lowest BCUT2D eigenvalue weighted by Crippen LogP contribution is -3.00. The second-order valence-electron chi connectivity index (χ2n) is 5.42. The van der Waals surface area contributed by atoms with Crippen molar-refractivity contribution in [3.8, 4) is 0 Å². The first kappa shape index (κ1) is 15.8. The molecule has 0 unspecified atom stereocenters. The minimum atomic E-state index is 0. The van der Waals surface area contributed by atoms with Crippen LogP contribution in [0.3, 0.4) is 0 Å². The second-order valence-corrected chi connectivity index (χ2v) is 5.78. The smallest absolute Gasteiger partial charge is 0.283 e. The van der Waals surface area contributed by atoms with E-state index in [1.165, 1.54) is 27.1 Å². The van der Waals surface area contributed by atoms with Gasteiger partial charge in [0.05, 0.1) is 16.2 Å². The molecule has 0 bridgehead atoms. The van der Waals surface area contributed by atoms with E-state index in [0.29, 0.717) is 6.54 Å². The number of halogens is 2. The standard InChI is InChI=1S/C20H15ClN.ClH/c1-2-13-22-19-15-8-4-3-7-14(15)11-12-17(19)16-9-5-6-10-18(16)20(22)21;/h2-12H,1,13H2;1H/q+1;/p-1. The molecule has 0 amide bonds. The number of allylic oxidation sites excluding steroid dienone is 1. The number of pyridine rings is 1. The molecule has 4 aromatic rings. The van der Waals surface area contributed by atoms with Crippen LogP contribution in [0.1, 0.15) is 0 Å². The van der Waals surface area contributed by atoms with E-state index in [2.05, 4.69) is 65.7 Å². The Kier molecular flexibility index (Phi) is 4.25. The Labute approximate surface area is 146 Å². The Morgan fingerprint density at radius 3 is 2.22 bits per heavy atom. The van der Waals surface area contributed by atoms with Gasteiger partial charge in [0.25, 0.3) is 5.15 Å². The third-order valence-electron chi connectivity index (χ3n) is 4.16. The minimum Gasteiger partial charge on any atom is -1.00 e. The summed E-state index contributed by atoms with van der Waals surface area (Å²) in [6, 6.07) is 21.1. The summed E-state index contributed by atoms with van der Waals surface area (Å²) in [6.45, 7) is 4.57. The number of rotatable bonds is 2. The fourth-order valence-electron chi connectivity index (χ4n) is 3.21. The van der Waals surface area contributed by atoms with Gasteiger partial charge in [0.1, 0.15) is 0 Å². The van der Waals surface area contributed by atoms with Crippen LogP contribution >= 0.6 is 11.6 Å². The molecule has 114 valence electrons. The zero-order valence-corrected chi connectivity index (χ0v) is 14.0. The van der Waals surface area contributed by atoms with E-state index in [0.717, 1.165) is 10.5 Å². The van der Waals surface area contributed by atoms with Crippen molar-refractivity contribution in [2.24, 2.45) is 0 Å². The fourth-order valence-corrected chi connectivity index (χ4v) is 3.52. The highest BCUT2D eigenvalue weighted by atomic mass is 35.5. The van der Waals surface area contributed by atoms with Crippen molar-refractivity contribution in [1.82, 2.24) is 0 Å². The number of hydrogen-bond donors (Lipinski definition) is 0. The SMILES string of the molecule is C=CC[n+]1c(Cl)c2ccccc2c2ccc3ccccc3c21.[Cl-]. The highest BCUT2D eigenvalue weighted by molar-refractivity contribution is 6.34. The van der Waals surface area contributed by atoms with Gasteiger partial charge in [-0.1, -0.05) is 49.0 Å². The summed E-state index contributed by atoms with van der Waals surface area (Å²) in [6.07, 6.45) is 1.89. The Morgan fingerprint density at radius 1 is 0.826 bits per heavy atom. The minimum absolute atomic E-state index is 0. The van der Waals surface area contributed by atoms with E-state index in [1.807, 2.05) is 12.1 Å². The van der Waals surface area contributed by atoms with E-state index in [-0.39, 0.29) is 12.4 Å². The quantitative estimate of drug-likeness (QED) is 0.228. The lowest BCUT2D eigenvalue weighted by molar-refractivity contribution is -0.656. The van der Waals surface area contributed by atoms with E-state index >= 15 is 0 Å². The van der Waals surface area contributed by atoms with E-state index in [1.54, 1.807) is 0 Å². The molecule has 0 saturated heterocycles. The molecule has 0 atom stereocenters. The maximum Gasteiger partial charge on any atom is 0.283 e. The Hall–Kier alpha value is -2.09. The number of fused-ring (bicyclic) bond motifs is 5. The first-order valence-corrected chi connectivity index (χ1v) is 7.71. The molecule has 0 radical (unpaired) electrons. The molecule has 0 aliphatic rings. The molecule has 4 rings (SSSR count). The highest BCUT2D eigenvalue weighted by Crippen LogP contribution is 2.31. The molecule has 3 heteroatoms. The summed E-state index contributed by atoms with van der Waals surface area (Å²) in [5.41, 5.74) is 1.17. The van der Waals surface area contributed by atoms with Gasteiger partial charge in [0, 0.05) is 5.39 Å². The molecule has 0 aliphatic heterocycles. The summed E-state index contributed by atoms with van der Waals surface area (Å²) < 4.78 is 2.15. The average Bonchev–Trinajstić information content (AvgIpc) is 2.58. The molecular weight excluding hydrogens is 325 g/mol. The van der Waals surface area contributed by atoms with Crippen LogP contribution < -0.4 is 17.0 Å². The Bertz CT molecular complexity index is 1040. The normalized spacial score (nSPS) is 10.8. The topological polar surface area (TPSA) is 3.88 Å². The van der Waals surface area contributed by atoms with Crippen LogP contribution in [-0.2, 0) is 6.54 Å². The lowest BCUT2D eigenvalue weighted by atomic mass is 10.0. The van der Waals surface area contributed by atoms with Crippen LogP contribution in [0.15, 0.2) is 73.3 Å². The van der Waals surface area contributed by atoms with Gasteiger partial charge >= 0.3 is 0 Å². The lowest BCUT2D eigenvalue weighted by Gasteiger charge is -2.09. The van der Waals surface area contributed by atoms with Crippen molar-refractivity contribution >= 4 is 44.0 Å². The zero-order chi connectivity index (χ0) is 15.1. The molecule has 1 aromatic heterocycles. The molecule has 0 N–H and O–H groups in total. The first-order chi connectivity index (χ1) is 10.8. The summed E-state index contributed by atoms with van der Waals surface area (Å²) >= 11 is 6.71. The van der Waals surface area contributed by atoms with Gasteiger partial charge in [-0.3, -0.25) is 0 Å². The summed E-state index contributed by atoms with van der Waals surface area (Å²) in [5.74, 6) is 0. The zero-order valence-electron chi connectivity index (χ0n) is 12.5. The van der Waals surface area contributed by atoms with Crippen molar-refractivity contribution in [1.29, 1.82) is 0 Å². The average molecular weight is 340 g/mol. The third-order valence-corrected chi connectivity index (χ3v) is 4.57. The molecule has 0 fully saturated rings. The second kappa shape index (κ2) is 6.19. The van der Waals surface area contributed by atoms with Gasteiger partial charge in [0.2, 0.25) is 5.52 Å². The van der Waals surface area contributed by atoms with E-state index in [9.17, 15) is 0 Å². The predicted octanol–water partition coefficient (Wildman–Crippen LogP) is 2.28. The van der Waals surface area contributed by atoms with Gasteiger partial charge in [0.15, 0.2) is 6.54 Å². The first-order valence-electron chi connectivity index (χ1n) is 7.33. The van der Waals surface area contributed by atoms with E-state index in [4.69, 9.17) is 11.6 Å². The fraction of sp³-hybridized carbons (Fsp3) is 0.0500. The van der Waals surface area contributed by atoms with Crippen LogP contribution in [0.4, 0.5) is 0 Å². The van der Waals surface area contributed by atoms with Crippen LogP contribution in [0, 0.1) is 0 Å². The molecule has 3 aromatic carbocycles. The maximum absolute atomic E-state index is 6.71. The molecule has 0 saturated carbocycles. The molecule has 1 heterocycles.